The van der Waals surface area contributed by atoms with Crippen molar-refractivity contribution >= 4 is 28.5 Å². The lowest BCUT2D eigenvalue weighted by atomic mass is 10.1. The van der Waals surface area contributed by atoms with E-state index >= 15 is 0 Å². The van der Waals surface area contributed by atoms with Crippen LogP contribution in [0.5, 0.6) is 0 Å². The first-order valence-electron chi connectivity index (χ1n) is 9.22. The van der Waals surface area contributed by atoms with E-state index < -0.39 is 0 Å². The molecule has 0 radical (unpaired) electrons. The molecule has 144 valence electrons. The van der Waals surface area contributed by atoms with Crippen molar-refractivity contribution in [1.29, 1.82) is 0 Å². The summed E-state index contributed by atoms with van der Waals surface area (Å²) < 4.78 is 0. The molecular weight excluding hydrogens is 352 g/mol. The Morgan fingerprint density at radius 1 is 0.821 bits per heavy atom. The molecule has 2 aromatic carbocycles. The quantitative estimate of drug-likeness (QED) is 0.722. The van der Waals surface area contributed by atoms with Crippen LogP contribution in [0.3, 0.4) is 0 Å². The summed E-state index contributed by atoms with van der Waals surface area (Å²) in [6.45, 7) is 9.50. The van der Waals surface area contributed by atoms with Gasteiger partial charge in [-0.15, -0.1) is 0 Å². The Labute approximate surface area is 164 Å². The molecule has 0 atom stereocenters. The topological polar surface area (TPSA) is 84.0 Å². The number of anilines is 1. The zero-order valence-electron chi connectivity index (χ0n) is 16.8. The number of aryl methyl sites for hydroxylation is 3. The number of amides is 2. The van der Waals surface area contributed by atoms with Crippen LogP contribution in [-0.2, 0) is 0 Å². The van der Waals surface area contributed by atoms with Crippen LogP contribution < -0.4 is 10.6 Å². The van der Waals surface area contributed by atoms with Crippen LogP contribution in [0.25, 0.3) is 11.0 Å². The van der Waals surface area contributed by atoms with E-state index in [0.29, 0.717) is 22.3 Å². The zero-order chi connectivity index (χ0) is 20.4. The predicted octanol–water partition coefficient (Wildman–Crippen LogP) is 3.95. The molecule has 0 fully saturated rings. The average molecular weight is 376 g/mol. The third kappa shape index (κ3) is 4.17. The van der Waals surface area contributed by atoms with Crippen LogP contribution >= 0.6 is 0 Å². The van der Waals surface area contributed by atoms with Crippen molar-refractivity contribution < 1.29 is 9.59 Å². The lowest BCUT2D eigenvalue weighted by Crippen LogP contribution is -2.30. The lowest BCUT2D eigenvalue weighted by Gasteiger charge is -2.12. The summed E-state index contributed by atoms with van der Waals surface area (Å²) >= 11 is 0. The Balaban J connectivity index is 1.82. The summed E-state index contributed by atoms with van der Waals surface area (Å²) in [5.41, 5.74) is 5.72. The maximum absolute atomic E-state index is 12.7. The lowest BCUT2D eigenvalue weighted by molar-refractivity contribution is 0.0942. The molecule has 1 heterocycles. The van der Waals surface area contributed by atoms with Crippen LogP contribution in [0.2, 0.25) is 0 Å². The van der Waals surface area contributed by atoms with Gasteiger partial charge in [0.05, 0.1) is 22.4 Å². The number of carbonyl (C=O) groups excluding carboxylic acids is 2. The molecule has 0 saturated heterocycles. The molecule has 0 bridgehead atoms. The highest BCUT2D eigenvalue weighted by atomic mass is 16.2. The minimum absolute atomic E-state index is 0.0654. The van der Waals surface area contributed by atoms with Crippen molar-refractivity contribution in [2.75, 3.05) is 5.32 Å². The van der Waals surface area contributed by atoms with Gasteiger partial charge >= 0.3 is 0 Å². The Morgan fingerprint density at radius 3 is 2.07 bits per heavy atom. The van der Waals surface area contributed by atoms with E-state index in [4.69, 9.17) is 0 Å². The summed E-state index contributed by atoms with van der Waals surface area (Å²) in [6.07, 6.45) is 0. The number of hydrogen-bond donors (Lipinski definition) is 2. The first kappa shape index (κ1) is 19.5. The number of nitrogens with zero attached hydrogens (tertiary/aromatic N) is 2. The summed E-state index contributed by atoms with van der Waals surface area (Å²) in [7, 11) is 0. The monoisotopic (exact) mass is 376 g/mol. The van der Waals surface area contributed by atoms with Gasteiger partial charge in [0.25, 0.3) is 11.8 Å². The second-order valence-electron chi connectivity index (χ2n) is 7.21. The van der Waals surface area contributed by atoms with Crippen molar-refractivity contribution in [3.05, 3.63) is 64.5 Å². The number of aromatic nitrogens is 2. The Hall–Kier alpha value is -3.28. The van der Waals surface area contributed by atoms with Crippen LogP contribution in [0.1, 0.15) is 51.5 Å². The Morgan fingerprint density at radius 2 is 1.43 bits per heavy atom. The van der Waals surface area contributed by atoms with Crippen molar-refractivity contribution in [2.45, 2.75) is 40.7 Å². The van der Waals surface area contributed by atoms with Gasteiger partial charge in [-0.1, -0.05) is 0 Å². The largest absolute Gasteiger partial charge is 0.350 e. The van der Waals surface area contributed by atoms with Crippen molar-refractivity contribution in [2.24, 2.45) is 0 Å². The number of nitrogens with one attached hydrogen (secondary N) is 2. The van der Waals surface area contributed by atoms with Gasteiger partial charge in [0.1, 0.15) is 0 Å². The molecule has 0 spiro atoms. The average Bonchev–Trinajstić information content (AvgIpc) is 2.63. The molecule has 3 rings (SSSR count). The van der Waals surface area contributed by atoms with E-state index in [-0.39, 0.29) is 17.9 Å². The van der Waals surface area contributed by atoms with Gasteiger partial charge in [-0.2, -0.15) is 0 Å². The van der Waals surface area contributed by atoms with E-state index in [1.807, 2.05) is 34.6 Å². The van der Waals surface area contributed by atoms with E-state index in [2.05, 4.69) is 20.6 Å². The number of benzene rings is 2. The van der Waals surface area contributed by atoms with Gasteiger partial charge in [0, 0.05) is 22.9 Å². The van der Waals surface area contributed by atoms with Gasteiger partial charge in [-0.25, -0.2) is 9.97 Å². The van der Waals surface area contributed by atoms with E-state index in [9.17, 15) is 9.59 Å². The van der Waals surface area contributed by atoms with Crippen molar-refractivity contribution in [1.82, 2.24) is 15.3 Å². The molecule has 1 aromatic heterocycles. The third-order valence-corrected chi connectivity index (χ3v) is 4.49. The molecule has 0 aliphatic heterocycles. The molecule has 0 aliphatic carbocycles. The van der Waals surface area contributed by atoms with E-state index in [1.165, 1.54) is 0 Å². The minimum atomic E-state index is -0.232. The summed E-state index contributed by atoms with van der Waals surface area (Å²) in [6, 6.07) is 10.6. The van der Waals surface area contributed by atoms with Crippen LogP contribution in [0.4, 0.5) is 5.69 Å². The van der Waals surface area contributed by atoms with Gasteiger partial charge in [-0.3, -0.25) is 9.59 Å². The molecule has 6 heteroatoms. The Kier molecular flexibility index (Phi) is 5.40. The third-order valence-electron chi connectivity index (χ3n) is 4.49. The molecule has 3 aromatic rings. The van der Waals surface area contributed by atoms with E-state index in [1.54, 1.807) is 36.4 Å². The van der Waals surface area contributed by atoms with Crippen LogP contribution in [-0.4, -0.2) is 27.8 Å². The van der Waals surface area contributed by atoms with Gasteiger partial charge in [-0.05, 0) is 76.6 Å². The van der Waals surface area contributed by atoms with E-state index in [0.717, 1.165) is 22.5 Å². The number of rotatable bonds is 4. The van der Waals surface area contributed by atoms with Crippen LogP contribution in [0.15, 0.2) is 36.4 Å². The molecule has 0 aliphatic rings. The highest BCUT2D eigenvalue weighted by molar-refractivity contribution is 6.06. The normalized spacial score (nSPS) is 10.9. The zero-order valence-corrected chi connectivity index (χ0v) is 16.8. The smallest absolute Gasteiger partial charge is 0.255 e. The summed E-state index contributed by atoms with van der Waals surface area (Å²) in [5, 5.41) is 5.76. The molecular formula is C22H24N4O2. The standard InChI is InChI=1S/C22H24N4O2/c1-12(2)23-21(27)16-6-8-18(13(3)10-16)26-22(28)17-7-9-19-20(11-17)25-15(5)14(4)24-19/h6-12H,1-5H3,(H,23,27)(H,26,28). The first-order chi connectivity index (χ1) is 13.2. The number of hydrogen-bond acceptors (Lipinski definition) is 4. The number of fused-ring (bicyclic) bond motifs is 1. The molecule has 0 unspecified atom stereocenters. The fourth-order valence-corrected chi connectivity index (χ4v) is 2.86. The van der Waals surface area contributed by atoms with Crippen LogP contribution in [0, 0.1) is 20.8 Å². The molecule has 2 amide bonds. The predicted molar refractivity (Wildman–Crippen MR) is 111 cm³/mol. The molecule has 6 nitrogen and oxygen atoms in total. The highest BCUT2D eigenvalue weighted by Gasteiger charge is 2.13. The first-order valence-corrected chi connectivity index (χ1v) is 9.22. The maximum atomic E-state index is 12.7. The second kappa shape index (κ2) is 7.76. The number of carbonyl (C=O) groups is 2. The molecule has 2 N–H and O–H groups in total. The van der Waals surface area contributed by atoms with Gasteiger partial charge < -0.3 is 10.6 Å². The fourth-order valence-electron chi connectivity index (χ4n) is 2.86. The summed E-state index contributed by atoms with van der Waals surface area (Å²) in [5.74, 6) is -0.362. The molecule has 28 heavy (non-hydrogen) atoms. The fraction of sp³-hybridized carbons (Fsp3) is 0.273. The minimum Gasteiger partial charge on any atom is -0.350 e. The highest BCUT2D eigenvalue weighted by Crippen LogP contribution is 2.19. The second-order valence-corrected chi connectivity index (χ2v) is 7.21. The maximum Gasteiger partial charge on any atom is 0.255 e. The van der Waals surface area contributed by atoms with Crippen molar-refractivity contribution in [3.8, 4) is 0 Å². The molecule has 0 saturated carbocycles. The van der Waals surface area contributed by atoms with Crippen molar-refractivity contribution in [3.63, 3.8) is 0 Å². The van der Waals surface area contributed by atoms with Gasteiger partial charge in [0.2, 0.25) is 0 Å². The van der Waals surface area contributed by atoms with Gasteiger partial charge in [0.15, 0.2) is 0 Å². The Bertz CT molecular complexity index is 1070. The summed E-state index contributed by atoms with van der Waals surface area (Å²) in [4.78, 5) is 33.8. The SMILES string of the molecule is Cc1cc(C(=O)NC(C)C)ccc1NC(=O)c1ccc2nc(C)c(C)nc2c1.